The highest BCUT2D eigenvalue weighted by Gasteiger charge is 2.35. The number of nitrogens with zero attached hydrogens (tertiary/aromatic N) is 2. The van der Waals surface area contributed by atoms with Crippen LogP contribution in [0.25, 0.3) is 0 Å². The average molecular weight is 441 g/mol. The van der Waals surface area contributed by atoms with Gasteiger partial charge in [0.05, 0.1) is 13.7 Å². The van der Waals surface area contributed by atoms with Gasteiger partial charge in [0.25, 0.3) is 5.91 Å². The van der Waals surface area contributed by atoms with Crippen LogP contribution in [0.3, 0.4) is 0 Å². The van der Waals surface area contributed by atoms with Gasteiger partial charge >= 0.3 is 0 Å². The number of aromatic nitrogens is 2. The Morgan fingerprint density at radius 2 is 2.06 bits per heavy atom. The molecule has 0 fully saturated rings. The van der Waals surface area contributed by atoms with Crippen LogP contribution in [0.2, 0.25) is 0 Å². The molecule has 0 aliphatic rings. The molecule has 2 heterocycles. The molecule has 2 N–H and O–H groups in total. The minimum absolute atomic E-state index is 0.246. The fraction of sp³-hybridized carbons (Fsp3) is 0.348. The van der Waals surface area contributed by atoms with E-state index in [0.29, 0.717) is 17.0 Å². The number of hydrogen-bond donors (Lipinski definition) is 2. The summed E-state index contributed by atoms with van der Waals surface area (Å²) in [6.45, 7) is 6.24. The molecule has 0 aliphatic heterocycles. The highest BCUT2D eigenvalue weighted by atomic mass is 32.1. The Morgan fingerprint density at radius 1 is 1.26 bits per heavy atom. The van der Waals surface area contributed by atoms with Crippen LogP contribution in [0.4, 0.5) is 0 Å². The fourth-order valence-corrected chi connectivity index (χ4v) is 3.86. The topological polar surface area (TPSA) is 87.3 Å². The van der Waals surface area contributed by atoms with Gasteiger partial charge in [0.1, 0.15) is 17.5 Å². The number of carbonyl (C=O) groups is 2. The standard InChI is InChI=1S/C23H28N4O3S/c1-5-23(2,3)25-21(28)20(16-8-6-9-17(14-16)30-4)27(15-18-10-7-13-31-18)22(29)19-11-12-24-26-19/h6-14,20H,5,15H2,1-4H3,(H,24,26)(H,25,28). The molecule has 164 valence electrons. The number of amides is 2. The lowest BCUT2D eigenvalue weighted by Crippen LogP contribution is -2.50. The third-order valence-electron chi connectivity index (χ3n) is 5.21. The Bertz CT molecular complexity index is 1000. The SMILES string of the molecule is CCC(C)(C)NC(=O)C(c1cccc(OC)c1)N(Cc1cccs1)C(=O)c1ccn[nH]1. The van der Waals surface area contributed by atoms with Crippen molar-refractivity contribution in [1.29, 1.82) is 0 Å². The van der Waals surface area contributed by atoms with Gasteiger partial charge in [-0.3, -0.25) is 14.7 Å². The van der Waals surface area contributed by atoms with E-state index in [4.69, 9.17) is 4.74 Å². The second kappa shape index (κ2) is 9.78. The molecule has 7 nitrogen and oxygen atoms in total. The summed E-state index contributed by atoms with van der Waals surface area (Å²) >= 11 is 1.54. The van der Waals surface area contributed by atoms with Gasteiger partial charge in [-0.15, -0.1) is 11.3 Å². The van der Waals surface area contributed by atoms with Crippen molar-refractivity contribution in [1.82, 2.24) is 20.4 Å². The molecule has 0 radical (unpaired) electrons. The second-order valence-corrected chi connectivity index (χ2v) is 8.92. The third-order valence-corrected chi connectivity index (χ3v) is 6.07. The molecular weight excluding hydrogens is 412 g/mol. The predicted octanol–water partition coefficient (Wildman–Crippen LogP) is 4.17. The van der Waals surface area contributed by atoms with Crippen molar-refractivity contribution in [2.45, 2.75) is 45.3 Å². The number of methoxy groups -OCH3 is 1. The number of hydrogen-bond acceptors (Lipinski definition) is 5. The van der Waals surface area contributed by atoms with Crippen molar-refractivity contribution in [2.75, 3.05) is 7.11 Å². The molecule has 8 heteroatoms. The number of ether oxygens (including phenoxy) is 1. The smallest absolute Gasteiger partial charge is 0.273 e. The number of aromatic amines is 1. The molecule has 0 aliphatic carbocycles. The summed E-state index contributed by atoms with van der Waals surface area (Å²) in [4.78, 5) is 29.6. The minimum Gasteiger partial charge on any atom is -0.497 e. The maximum Gasteiger partial charge on any atom is 0.273 e. The van der Waals surface area contributed by atoms with Gasteiger partial charge in [0, 0.05) is 16.6 Å². The Kier molecular flexibility index (Phi) is 7.12. The van der Waals surface area contributed by atoms with Gasteiger partial charge in [-0.1, -0.05) is 25.1 Å². The summed E-state index contributed by atoms with van der Waals surface area (Å²) in [5, 5.41) is 11.7. The molecule has 1 atom stereocenters. The quantitative estimate of drug-likeness (QED) is 0.523. The van der Waals surface area contributed by atoms with E-state index in [1.807, 2.05) is 56.5 Å². The van der Waals surface area contributed by atoms with Gasteiger partial charge in [-0.25, -0.2) is 0 Å². The third kappa shape index (κ3) is 5.52. The summed E-state index contributed by atoms with van der Waals surface area (Å²) in [6.07, 6.45) is 2.28. The van der Waals surface area contributed by atoms with Crippen molar-refractivity contribution >= 4 is 23.2 Å². The number of benzene rings is 1. The van der Waals surface area contributed by atoms with Crippen LogP contribution in [-0.4, -0.2) is 39.6 Å². The summed E-state index contributed by atoms with van der Waals surface area (Å²) in [6, 6.07) is 11.9. The van der Waals surface area contributed by atoms with E-state index < -0.39 is 11.6 Å². The second-order valence-electron chi connectivity index (χ2n) is 7.89. The largest absolute Gasteiger partial charge is 0.497 e. The predicted molar refractivity (Wildman–Crippen MR) is 121 cm³/mol. The normalized spacial score (nSPS) is 12.3. The Labute approximate surface area is 186 Å². The van der Waals surface area contributed by atoms with Crippen LogP contribution in [0.15, 0.2) is 54.0 Å². The number of rotatable bonds is 9. The molecule has 0 saturated heterocycles. The molecule has 3 rings (SSSR count). The number of carbonyl (C=O) groups excluding carboxylic acids is 2. The molecule has 0 saturated carbocycles. The van der Waals surface area contributed by atoms with E-state index in [1.54, 1.807) is 24.1 Å². The van der Waals surface area contributed by atoms with E-state index >= 15 is 0 Å². The Hall–Kier alpha value is -3.13. The lowest BCUT2D eigenvalue weighted by atomic mass is 9.98. The molecule has 1 unspecified atom stereocenters. The molecule has 3 aromatic rings. The highest BCUT2D eigenvalue weighted by Crippen LogP contribution is 2.29. The van der Waals surface area contributed by atoms with Crippen molar-refractivity contribution < 1.29 is 14.3 Å². The number of nitrogens with one attached hydrogen (secondary N) is 2. The van der Waals surface area contributed by atoms with Gasteiger partial charge in [0.15, 0.2) is 0 Å². The lowest BCUT2D eigenvalue weighted by molar-refractivity contribution is -0.127. The average Bonchev–Trinajstić information content (AvgIpc) is 3.47. The van der Waals surface area contributed by atoms with Crippen molar-refractivity contribution in [3.8, 4) is 5.75 Å². The van der Waals surface area contributed by atoms with Crippen LogP contribution < -0.4 is 10.1 Å². The zero-order valence-electron chi connectivity index (χ0n) is 18.2. The van der Waals surface area contributed by atoms with Gasteiger partial charge in [-0.05, 0) is 55.5 Å². The summed E-state index contributed by atoms with van der Waals surface area (Å²) in [7, 11) is 1.58. The minimum atomic E-state index is -0.848. The summed E-state index contributed by atoms with van der Waals surface area (Å²) in [5.41, 5.74) is 0.583. The molecule has 1 aromatic carbocycles. The highest BCUT2D eigenvalue weighted by molar-refractivity contribution is 7.09. The van der Waals surface area contributed by atoms with Crippen molar-refractivity contribution in [3.63, 3.8) is 0 Å². The van der Waals surface area contributed by atoms with E-state index in [2.05, 4.69) is 15.5 Å². The zero-order chi connectivity index (χ0) is 22.4. The van der Waals surface area contributed by atoms with Crippen LogP contribution >= 0.6 is 11.3 Å². The maximum atomic E-state index is 13.6. The van der Waals surface area contributed by atoms with Gasteiger partial charge < -0.3 is 15.0 Å². The first-order chi connectivity index (χ1) is 14.8. The molecule has 2 amide bonds. The lowest BCUT2D eigenvalue weighted by Gasteiger charge is -2.34. The van der Waals surface area contributed by atoms with Crippen LogP contribution in [0.5, 0.6) is 5.75 Å². The van der Waals surface area contributed by atoms with E-state index in [0.717, 1.165) is 11.3 Å². The van der Waals surface area contributed by atoms with Gasteiger partial charge in [0.2, 0.25) is 5.91 Å². The molecule has 2 aromatic heterocycles. The number of thiophene rings is 1. The molecule has 0 bridgehead atoms. The monoisotopic (exact) mass is 440 g/mol. The van der Waals surface area contributed by atoms with Gasteiger partial charge in [-0.2, -0.15) is 5.10 Å². The van der Waals surface area contributed by atoms with Crippen molar-refractivity contribution in [3.05, 3.63) is 70.2 Å². The van der Waals surface area contributed by atoms with Crippen LogP contribution in [0, 0.1) is 0 Å². The summed E-state index contributed by atoms with van der Waals surface area (Å²) < 4.78 is 5.38. The van der Waals surface area contributed by atoms with Crippen LogP contribution in [0.1, 0.15) is 54.2 Å². The maximum absolute atomic E-state index is 13.6. The van der Waals surface area contributed by atoms with Crippen molar-refractivity contribution in [2.24, 2.45) is 0 Å². The first-order valence-corrected chi connectivity index (χ1v) is 11.0. The fourth-order valence-electron chi connectivity index (χ4n) is 3.16. The van der Waals surface area contributed by atoms with E-state index in [-0.39, 0.29) is 18.4 Å². The molecular formula is C23H28N4O3S. The molecule has 31 heavy (non-hydrogen) atoms. The summed E-state index contributed by atoms with van der Waals surface area (Å²) in [5.74, 6) is 0.0720. The molecule has 0 spiro atoms. The Morgan fingerprint density at radius 3 is 2.68 bits per heavy atom. The van der Waals surface area contributed by atoms with Crippen LogP contribution in [-0.2, 0) is 11.3 Å². The first-order valence-electron chi connectivity index (χ1n) is 10.1. The van der Waals surface area contributed by atoms with E-state index in [1.165, 1.54) is 17.5 Å². The van der Waals surface area contributed by atoms with E-state index in [9.17, 15) is 9.59 Å². The Balaban J connectivity index is 2.08. The zero-order valence-corrected chi connectivity index (χ0v) is 19.0. The first kappa shape index (κ1) is 22.6. The number of H-pyrrole nitrogens is 1.